The molecule has 0 atom stereocenters. The fraction of sp³-hybridized carbons (Fsp3) is 0.611. The third kappa shape index (κ3) is 8.42. The molecule has 0 bridgehead atoms. The molecule has 168 valence electrons. The molecule has 0 saturated carbocycles. The topological polar surface area (TPSA) is 101 Å². The van der Waals surface area contributed by atoms with Gasteiger partial charge in [-0.2, -0.15) is 0 Å². The first-order chi connectivity index (χ1) is 13.3. The molecule has 0 aliphatic rings. The van der Waals surface area contributed by atoms with E-state index < -0.39 is 10.0 Å². The Morgan fingerprint density at radius 3 is 2.14 bits per heavy atom. The van der Waals surface area contributed by atoms with Crippen molar-refractivity contribution in [2.45, 2.75) is 19.9 Å². The van der Waals surface area contributed by atoms with Crippen LogP contribution >= 0.6 is 24.0 Å². The first-order valence-electron chi connectivity index (χ1n) is 9.00. The summed E-state index contributed by atoms with van der Waals surface area (Å²) in [5, 5.41) is 6.38. The first kappa shape index (κ1) is 27.5. The van der Waals surface area contributed by atoms with Crippen molar-refractivity contribution in [1.82, 2.24) is 14.9 Å². The highest BCUT2D eigenvalue weighted by Crippen LogP contribution is 2.38. The molecule has 0 aliphatic heterocycles. The van der Waals surface area contributed by atoms with Crippen LogP contribution in [0.2, 0.25) is 0 Å². The highest BCUT2D eigenvalue weighted by Gasteiger charge is 2.15. The summed E-state index contributed by atoms with van der Waals surface area (Å²) in [7, 11) is 4.84. The summed E-state index contributed by atoms with van der Waals surface area (Å²) in [6, 6.07) is 3.73. The van der Waals surface area contributed by atoms with E-state index in [4.69, 9.17) is 14.2 Å². The Kier molecular flexibility index (Phi) is 13.0. The molecule has 11 heteroatoms. The number of sulfonamides is 1. The van der Waals surface area contributed by atoms with E-state index in [0.29, 0.717) is 49.3 Å². The smallest absolute Gasteiger partial charge is 0.213 e. The Hall–Kier alpha value is -1.47. The second-order valence-electron chi connectivity index (χ2n) is 5.96. The highest BCUT2D eigenvalue weighted by molar-refractivity contribution is 14.0. The van der Waals surface area contributed by atoms with Crippen LogP contribution in [0.5, 0.6) is 17.2 Å². The predicted octanol–water partition coefficient (Wildman–Crippen LogP) is 1.67. The lowest BCUT2D eigenvalue weighted by Gasteiger charge is -2.17. The Morgan fingerprint density at radius 1 is 1.10 bits per heavy atom. The maximum atomic E-state index is 11.7. The van der Waals surface area contributed by atoms with Crippen molar-refractivity contribution in [1.29, 1.82) is 0 Å². The zero-order valence-electron chi connectivity index (χ0n) is 17.9. The molecule has 1 aromatic rings. The molecule has 0 unspecified atom stereocenters. The summed E-state index contributed by atoms with van der Waals surface area (Å²) in [5.41, 5.74) is 0.936. The van der Waals surface area contributed by atoms with E-state index in [2.05, 4.69) is 15.6 Å². The standard InChI is InChI=1S/C18H32N4O5S.HI/c1-7-28(23,24)22(3)10-8-9-20-18(19-2)21-13-14-11-15(25-4)17(27-6)16(12-14)26-5;/h11-12H,7-10,13H2,1-6H3,(H2,19,20,21);1H. The SMILES string of the molecule is CCS(=O)(=O)N(C)CCCNC(=NC)NCc1cc(OC)c(OC)c(OC)c1.I. The summed E-state index contributed by atoms with van der Waals surface area (Å²) < 4.78 is 40.9. The minimum atomic E-state index is -3.14. The number of hydrogen-bond donors (Lipinski definition) is 2. The van der Waals surface area contributed by atoms with Crippen molar-refractivity contribution in [3.63, 3.8) is 0 Å². The summed E-state index contributed by atoms with van der Waals surface area (Å²) >= 11 is 0. The minimum Gasteiger partial charge on any atom is -0.493 e. The van der Waals surface area contributed by atoms with Crippen molar-refractivity contribution >= 4 is 40.0 Å². The van der Waals surface area contributed by atoms with Gasteiger partial charge in [-0.15, -0.1) is 24.0 Å². The molecule has 2 N–H and O–H groups in total. The Balaban J connectivity index is 0.00000784. The molecule has 0 fully saturated rings. The van der Waals surface area contributed by atoms with Crippen LogP contribution in [-0.2, 0) is 16.6 Å². The number of methoxy groups -OCH3 is 3. The lowest BCUT2D eigenvalue weighted by atomic mass is 10.2. The van der Waals surface area contributed by atoms with Gasteiger partial charge in [0.1, 0.15) is 0 Å². The number of nitrogens with one attached hydrogen (secondary N) is 2. The average molecular weight is 544 g/mol. The number of ether oxygens (including phenoxy) is 3. The van der Waals surface area contributed by atoms with Crippen LogP contribution < -0.4 is 24.8 Å². The average Bonchev–Trinajstić information content (AvgIpc) is 2.71. The normalized spacial score (nSPS) is 11.6. The number of halogens is 1. The van der Waals surface area contributed by atoms with Gasteiger partial charge in [0.05, 0.1) is 27.1 Å². The molecule has 9 nitrogen and oxygen atoms in total. The maximum absolute atomic E-state index is 11.7. The molecule has 0 saturated heterocycles. The third-order valence-electron chi connectivity index (χ3n) is 4.19. The monoisotopic (exact) mass is 544 g/mol. The quantitative estimate of drug-likeness (QED) is 0.189. The molecule has 0 heterocycles. The van der Waals surface area contributed by atoms with Gasteiger partial charge in [-0.3, -0.25) is 4.99 Å². The predicted molar refractivity (Wildman–Crippen MR) is 126 cm³/mol. The van der Waals surface area contributed by atoms with Gasteiger partial charge in [0.25, 0.3) is 0 Å². The first-order valence-corrected chi connectivity index (χ1v) is 10.6. The lowest BCUT2D eigenvalue weighted by Crippen LogP contribution is -2.38. The Labute approximate surface area is 191 Å². The molecule has 0 radical (unpaired) electrons. The zero-order valence-corrected chi connectivity index (χ0v) is 21.1. The Bertz CT molecular complexity index is 734. The fourth-order valence-electron chi connectivity index (χ4n) is 2.51. The largest absolute Gasteiger partial charge is 0.493 e. The van der Waals surface area contributed by atoms with Gasteiger partial charge in [-0.25, -0.2) is 12.7 Å². The van der Waals surface area contributed by atoms with Crippen molar-refractivity contribution in [3.8, 4) is 17.2 Å². The highest BCUT2D eigenvalue weighted by atomic mass is 127. The summed E-state index contributed by atoms with van der Waals surface area (Å²) in [4.78, 5) is 4.18. The summed E-state index contributed by atoms with van der Waals surface area (Å²) in [6.45, 7) is 3.19. The number of benzene rings is 1. The molecule has 0 aromatic heterocycles. The number of hydrogen-bond acceptors (Lipinski definition) is 6. The molecule has 0 aliphatic carbocycles. The van der Waals surface area contributed by atoms with E-state index in [1.807, 2.05) is 12.1 Å². The van der Waals surface area contributed by atoms with Crippen LogP contribution in [0.1, 0.15) is 18.9 Å². The number of aliphatic imine (C=N–C) groups is 1. The number of rotatable bonds is 11. The molecular formula is C18H33IN4O5S. The van der Waals surface area contributed by atoms with E-state index in [9.17, 15) is 8.42 Å². The number of guanidine groups is 1. The van der Waals surface area contributed by atoms with Gasteiger partial charge in [0, 0.05) is 33.7 Å². The number of nitrogens with zero attached hydrogens (tertiary/aromatic N) is 2. The van der Waals surface area contributed by atoms with Crippen molar-refractivity contribution in [2.75, 3.05) is 54.3 Å². The van der Waals surface area contributed by atoms with Crippen molar-refractivity contribution in [2.24, 2.45) is 4.99 Å². The maximum Gasteiger partial charge on any atom is 0.213 e. The van der Waals surface area contributed by atoms with Crippen LogP contribution in [0.3, 0.4) is 0 Å². The van der Waals surface area contributed by atoms with E-state index >= 15 is 0 Å². The summed E-state index contributed by atoms with van der Waals surface area (Å²) in [6.07, 6.45) is 0.667. The zero-order chi connectivity index (χ0) is 21.2. The molecule has 1 aromatic carbocycles. The van der Waals surface area contributed by atoms with E-state index in [1.165, 1.54) is 4.31 Å². The van der Waals surface area contributed by atoms with Gasteiger partial charge in [0.2, 0.25) is 15.8 Å². The molecule has 0 spiro atoms. The van der Waals surface area contributed by atoms with Crippen LogP contribution in [0, 0.1) is 0 Å². The molecule has 1 rings (SSSR count). The molecule has 0 amide bonds. The Morgan fingerprint density at radius 2 is 1.69 bits per heavy atom. The van der Waals surface area contributed by atoms with E-state index in [0.717, 1.165) is 5.56 Å². The van der Waals surface area contributed by atoms with Crippen LogP contribution in [-0.4, -0.2) is 72.9 Å². The van der Waals surface area contributed by atoms with Crippen LogP contribution in [0.25, 0.3) is 0 Å². The van der Waals surface area contributed by atoms with Gasteiger partial charge >= 0.3 is 0 Å². The molecular weight excluding hydrogens is 511 g/mol. The van der Waals surface area contributed by atoms with Gasteiger partial charge in [-0.05, 0) is 31.0 Å². The fourth-order valence-corrected chi connectivity index (χ4v) is 3.36. The second kappa shape index (κ2) is 13.7. The molecule has 29 heavy (non-hydrogen) atoms. The minimum absolute atomic E-state index is 0. The van der Waals surface area contributed by atoms with Gasteiger partial charge < -0.3 is 24.8 Å². The van der Waals surface area contributed by atoms with Crippen molar-refractivity contribution in [3.05, 3.63) is 17.7 Å². The van der Waals surface area contributed by atoms with Crippen molar-refractivity contribution < 1.29 is 22.6 Å². The second-order valence-corrected chi connectivity index (χ2v) is 8.33. The lowest BCUT2D eigenvalue weighted by molar-refractivity contribution is 0.323. The van der Waals surface area contributed by atoms with Gasteiger partial charge in [-0.1, -0.05) is 0 Å². The third-order valence-corrected chi connectivity index (χ3v) is 6.05. The summed E-state index contributed by atoms with van der Waals surface area (Å²) in [5.74, 6) is 2.44. The van der Waals surface area contributed by atoms with Gasteiger partial charge in [0.15, 0.2) is 17.5 Å². The van der Waals surface area contributed by atoms with Crippen LogP contribution in [0.15, 0.2) is 17.1 Å². The van der Waals surface area contributed by atoms with E-state index in [1.54, 1.807) is 42.3 Å². The van der Waals surface area contributed by atoms with Crippen LogP contribution in [0.4, 0.5) is 0 Å². The van der Waals surface area contributed by atoms with E-state index in [-0.39, 0.29) is 29.7 Å².